The van der Waals surface area contributed by atoms with Gasteiger partial charge in [0.05, 0.1) is 0 Å². The Morgan fingerprint density at radius 3 is 2.53 bits per heavy atom. The van der Waals surface area contributed by atoms with Crippen LogP contribution >= 0.6 is 0 Å². The molecule has 0 bridgehead atoms. The zero-order valence-corrected chi connectivity index (χ0v) is 10.6. The summed E-state index contributed by atoms with van der Waals surface area (Å²) in [6.07, 6.45) is 3.41. The third kappa shape index (κ3) is 2.45. The molecule has 3 N–H and O–H groups in total. The quantitative estimate of drug-likeness (QED) is 0.807. The second-order valence-corrected chi connectivity index (χ2v) is 4.91. The number of aryl methyl sites for hydroxylation is 2. The van der Waals surface area contributed by atoms with Crippen LogP contribution in [0.3, 0.4) is 0 Å². The van der Waals surface area contributed by atoms with Gasteiger partial charge in [0, 0.05) is 16.9 Å². The third-order valence-electron chi connectivity index (χ3n) is 3.53. The zero-order valence-electron chi connectivity index (χ0n) is 10.6. The van der Waals surface area contributed by atoms with Gasteiger partial charge in [-0.1, -0.05) is 6.07 Å². The molecular weight excluding hydrogens is 236 g/mol. The van der Waals surface area contributed by atoms with Crippen LogP contribution in [-0.2, 0) is 12.8 Å². The van der Waals surface area contributed by atoms with E-state index < -0.39 is 0 Å². The number of nitrogens with two attached hydrogens (primary N) is 1. The Morgan fingerprint density at radius 1 is 1.00 bits per heavy atom. The Labute approximate surface area is 112 Å². The minimum Gasteiger partial charge on any atom is -0.399 e. The molecule has 0 spiro atoms. The molecule has 1 aliphatic carbocycles. The molecule has 1 amide bonds. The third-order valence-corrected chi connectivity index (χ3v) is 3.53. The van der Waals surface area contributed by atoms with E-state index in [0.29, 0.717) is 5.69 Å². The monoisotopic (exact) mass is 252 g/mol. The molecule has 0 saturated carbocycles. The first-order chi connectivity index (χ1) is 9.22. The minimum atomic E-state index is -0.0699. The number of amides is 1. The fourth-order valence-electron chi connectivity index (χ4n) is 2.48. The first-order valence-corrected chi connectivity index (χ1v) is 6.51. The van der Waals surface area contributed by atoms with Crippen LogP contribution in [0.15, 0.2) is 42.5 Å². The lowest BCUT2D eigenvalue weighted by Crippen LogP contribution is -2.12. The summed E-state index contributed by atoms with van der Waals surface area (Å²) in [4.78, 5) is 12.2. The molecule has 2 aromatic rings. The summed E-state index contributed by atoms with van der Waals surface area (Å²) in [7, 11) is 0. The maximum Gasteiger partial charge on any atom is 0.255 e. The van der Waals surface area contributed by atoms with Crippen LogP contribution in [0, 0.1) is 0 Å². The van der Waals surface area contributed by atoms with Crippen molar-refractivity contribution in [2.24, 2.45) is 0 Å². The van der Waals surface area contributed by atoms with Gasteiger partial charge in [0.1, 0.15) is 0 Å². The van der Waals surface area contributed by atoms with Crippen molar-refractivity contribution in [3.8, 4) is 0 Å². The first-order valence-electron chi connectivity index (χ1n) is 6.51. The molecule has 0 radical (unpaired) electrons. The number of hydrogen-bond donors (Lipinski definition) is 2. The van der Waals surface area contributed by atoms with Gasteiger partial charge in [-0.3, -0.25) is 4.79 Å². The summed E-state index contributed by atoms with van der Waals surface area (Å²) in [5.74, 6) is -0.0699. The molecule has 0 heterocycles. The highest BCUT2D eigenvalue weighted by Crippen LogP contribution is 2.23. The first kappa shape index (κ1) is 11.8. The number of anilines is 2. The van der Waals surface area contributed by atoms with Crippen LogP contribution in [-0.4, -0.2) is 5.91 Å². The van der Waals surface area contributed by atoms with Crippen molar-refractivity contribution < 1.29 is 4.79 Å². The predicted octanol–water partition coefficient (Wildman–Crippen LogP) is 3.01. The predicted molar refractivity (Wildman–Crippen MR) is 77.3 cm³/mol. The van der Waals surface area contributed by atoms with E-state index in [1.165, 1.54) is 17.5 Å². The normalized spacial score (nSPS) is 13.1. The highest BCUT2D eigenvalue weighted by molar-refractivity contribution is 6.04. The fraction of sp³-hybridized carbons (Fsp3) is 0.188. The second-order valence-electron chi connectivity index (χ2n) is 4.91. The van der Waals surface area contributed by atoms with Crippen molar-refractivity contribution in [2.75, 3.05) is 11.1 Å². The van der Waals surface area contributed by atoms with Gasteiger partial charge >= 0.3 is 0 Å². The molecule has 0 unspecified atom stereocenters. The maximum absolute atomic E-state index is 12.2. The number of rotatable bonds is 2. The van der Waals surface area contributed by atoms with E-state index in [1.54, 1.807) is 24.3 Å². The Kier molecular flexibility index (Phi) is 2.95. The molecule has 0 aliphatic heterocycles. The molecule has 3 nitrogen and oxygen atoms in total. The van der Waals surface area contributed by atoms with E-state index in [1.807, 2.05) is 12.1 Å². The molecule has 3 heteroatoms. The second kappa shape index (κ2) is 4.76. The SMILES string of the molecule is Nc1ccc(NC(=O)c2ccc3c(c2)CCC3)cc1. The van der Waals surface area contributed by atoms with Gasteiger partial charge in [0.25, 0.3) is 5.91 Å². The Hall–Kier alpha value is -2.29. The van der Waals surface area contributed by atoms with Gasteiger partial charge in [-0.25, -0.2) is 0 Å². The van der Waals surface area contributed by atoms with Gasteiger partial charge in [0.15, 0.2) is 0 Å². The van der Waals surface area contributed by atoms with Gasteiger partial charge < -0.3 is 11.1 Å². The number of carbonyl (C=O) groups excluding carboxylic acids is 1. The molecule has 0 aromatic heterocycles. The number of fused-ring (bicyclic) bond motifs is 1. The lowest BCUT2D eigenvalue weighted by molar-refractivity contribution is 0.102. The lowest BCUT2D eigenvalue weighted by Gasteiger charge is -2.07. The van der Waals surface area contributed by atoms with Crippen molar-refractivity contribution in [1.29, 1.82) is 0 Å². The molecule has 96 valence electrons. The number of nitrogens with one attached hydrogen (secondary N) is 1. The zero-order chi connectivity index (χ0) is 13.2. The summed E-state index contributed by atoms with van der Waals surface area (Å²) < 4.78 is 0. The average Bonchev–Trinajstić information content (AvgIpc) is 2.88. The summed E-state index contributed by atoms with van der Waals surface area (Å²) in [5, 5.41) is 2.88. The molecule has 19 heavy (non-hydrogen) atoms. The molecule has 0 fully saturated rings. The van der Waals surface area contributed by atoms with Crippen LogP contribution < -0.4 is 11.1 Å². The standard InChI is InChI=1S/C16H16N2O/c17-14-6-8-15(9-7-14)18-16(19)13-5-4-11-2-1-3-12(11)10-13/h4-10H,1-3,17H2,(H,18,19). The van der Waals surface area contributed by atoms with E-state index in [0.717, 1.165) is 24.1 Å². The van der Waals surface area contributed by atoms with Crippen LogP contribution in [0.5, 0.6) is 0 Å². The van der Waals surface area contributed by atoms with Crippen molar-refractivity contribution in [1.82, 2.24) is 0 Å². The maximum atomic E-state index is 12.2. The number of hydrogen-bond acceptors (Lipinski definition) is 2. The van der Waals surface area contributed by atoms with Crippen molar-refractivity contribution in [3.63, 3.8) is 0 Å². The topological polar surface area (TPSA) is 55.1 Å². The van der Waals surface area contributed by atoms with Crippen molar-refractivity contribution in [3.05, 3.63) is 59.2 Å². The number of benzene rings is 2. The van der Waals surface area contributed by atoms with Crippen LogP contribution in [0.2, 0.25) is 0 Å². The van der Waals surface area contributed by atoms with Gasteiger partial charge in [-0.05, 0) is 66.8 Å². The molecule has 0 atom stereocenters. The lowest BCUT2D eigenvalue weighted by atomic mass is 10.1. The Morgan fingerprint density at radius 2 is 1.74 bits per heavy atom. The van der Waals surface area contributed by atoms with E-state index in [9.17, 15) is 4.79 Å². The van der Waals surface area contributed by atoms with Crippen LogP contribution in [0.25, 0.3) is 0 Å². The van der Waals surface area contributed by atoms with E-state index >= 15 is 0 Å². The molecular formula is C16H16N2O. The molecule has 3 rings (SSSR count). The highest BCUT2D eigenvalue weighted by atomic mass is 16.1. The largest absolute Gasteiger partial charge is 0.399 e. The van der Waals surface area contributed by atoms with Crippen molar-refractivity contribution in [2.45, 2.75) is 19.3 Å². The Balaban J connectivity index is 1.78. The van der Waals surface area contributed by atoms with Gasteiger partial charge in [0.2, 0.25) is 0 Å². The van der Waals surface area contributed by atoms with E-state index in [-0.39, 0.29) is 5.91 Å². The number of nitrogen functional groups attached to an aromatic ring is 1. The van der Waals surface area contributed by atoms with Crippen LogP contribution in [0.1, 0.15) is 27.9 Å². The van der Waals surface area contributed by atoms with Crippen molar-refractivity contribution >= 4 is 17.3 Å². The number of carbonyl (C=O) groups is 1. The highest BCUT2D eigenvalue weighted by Gasteiger charge is 2.13. The molecule has 1 aliphatic rings. The average molecular weight is 252 g/mol. The smallest absolute Gasteiger partial charge is 0.255 e. The Bertz CT molecular complexity index is 617. The van der Waals surface area contributed by atoms with Crippen LogP contribution in [0.4, 0.5) is 11.4 Å². The molecule has 2 aromatic carbocycles. The van der Waals surface area contributed by atoms with Gasteiger partial charge in [-0.2, -0.15) is 0 Å². The molecule has 0 saturated heterocycles. The summed E-state index contributed by atoms with van der Waals surface area (Å²) >= 11 is 0. The van der Waals surface area contributed by atoms with E-state index in [4.69, 9.17) is 5.73 Å². The summed E-state index contributed by atoms with van der Waals surface area (Å²) in [6, 6.07) is 13.1. The van der Waals surface area contributed by atoms with Gasteiger partial charge in [-0.15, -0.1) is 0 Å². The summed E-state index contributed by atoms with van der Waals surface area (Å²) in [5.41, 5.74) is 10.5. The van der Waals surface area contributed by atoms with E-state index in [2.05, 4.69) is 11.4 Å². The fourth-order valence-corrected chi connectivity index (χ4v) is 2.48. The minimum absolute atomic E-state index is 0.0699. The summed E-state index contributed by atoms with van der Waals surface area (Å²) in [6.45, 7) is 0.